The third-order valence-corrected chi connectivity index (χ3v) is 5.29. The minimum atomic E-state index is -0.438. The number of carbonyl (C=O) groups excluding carboxylic acids is 2. The zero-order chi connectivity index (χ0) is 18.4. The second kappa shape index (κ2) is 9.19. The van der Waals surface area contributed by atoms with Gasteiger partial charge in [0, 0.05) is 51.4 Å². The lowest BCUT2D eigenvalue weighted by molar-refractivity contribution is -0.132. The summed E-state index contributed by atoms with van der Waals surface area (Å²) in [6, 6.07) is 1.82. The molecule has 144 valence electrons. The molecule has 0 bridgehead atoms. The van der Waals surface area contributed by atoms with E-state index in [2.05, 4.69) is 9.80 Å². The summed E-state index contributed by atoms with van der Waals surface area (Å²) in [5.74, 6) is 0.112. The SMILES string of the molecule is COC(=O)c1occc1CN1CCN(CC(=O)N2CCCCCC2)CC1. The van der Waals surface area contributed by atoms with Crippen molar-refractivity contribution in [3.05, 3.63) is 23.7 Å². The number of likely N-dealkylation sites (tertiary alicyclic amines) is 1. The van der Waals surface area contributed by atoms with Crippen LogP contribution in [0.25, 0.3) is 0 Å². The molecule has 1 amide bonds. The lowest BCUT2D eigenvalue weighted by Crippen LogP contribution is -2.49. The second-order valence-corrected chi connectivity index (χ2v) is 7.11. The minimum Gasteiger partial charge on any atom is -0.463 e. The molecule has 1 aromatic heterocycles. The Hall–Kier alpha value is -1.86. The van der Waals surface area contributed by atoms with E-state index < -0.39 is 5.97 Å². The van der Waals surface area contributed by atoms with Crippen LogP contribution in [0.1, 0.15) is 41.8 Å². The summed E-state index contributed by atoms with van der Waals surface area (Å²) in [5, 5.41) is 0. The normalized spacial score (nSPS) is 20.0. The van der Waals surface area contributed by atoms with E-state index in [0.717, 1.165) is 57.7 Å². The standard InChI is InChI=1S/C19H29N3O4/c1-25-19(24)18-16(6-13-26-18)14-20-9-11-21(12-10-20)15-17(23)22-7-4-2-3-5-8-22/h6,13H,2-5,7-12,14-15H2,1H3. The Morgan fingerprint density at radius 2 is 1.65 bits per heavy atom. The first-order chi connectivity index (χ1) is 12.7. The molecule has 3 heterocycles. The van der Waals surface area contributed by atoms with Crippen molar-refractivity contribution in [2.45, 2.75) is 32.2 Å². The van der Waals surface area contributed by atoms with Crippen LogP contribution in [-0.4, -0.2) is 79.5 Å². The number of amides is 1. The van der Waals surface area contributed by atoms with Crippen LogP contribution in [0.5, 0.6) is 0 Å². The van der Waals surface area contributed by atoms with E-state index in [0.29, 0.717) is 13.1 Å². The predicted octanol–water partition coefficient (Wildman–Crippen LogP) is 1.59. The van der Waals surface area contributed by atoms with E-state index in [1.54, 1.807) is 0 Å². The molecule has 26 heavy (non-hydrogen) atoms. The second-order valence-electron chi connectivity index (χ2n) is 7.11. The van der Waals surface area contributed by atoms with Gasteiger partial charge in [0.15, 0.2) is 0 Å². The third kappa shape index (κ3) is 4.86. The first kappa shape index (κ1) is 18.9. The largest absolute Gasteiger partial charge is 0.463 e. The fourth-order valence-corrected chi connectivity index (χ4v) is 3.69. The molecule has 0 atom stereocenters. The number of methoxy groups -OCH3 is 1. The van der Waals surface area contributed by atoms with E-state index in [4.69, 9.17) is 9.15 Å². The molecule has 2 saturated heterocycles. The molecule has 7 nitrogen and oxygen atoms in total. The Labute approximate surface area is 154 Å². The van der Waals surface area contributed by atoms with Gasteiger partial charge in [0.25, 0.3) is 0 Å². The molecule has 7 heteroatoms. The van der Waals surface area contributed by atoms with Crippen LogP contribution in [0.4, 0.5) is 0 Å². The maximum absolute atomic E-state index is 12.5. The number of piperazine rings is 1. The number of ether oxygens (including phenoxy) is 1. The van der Waals surface area contributed by atoms with Crippen molar-refractivity contribution in [1.29, 1.82) is 0 Å². The van der Waals surface area contributed by atoms with Gasteiger partial charge >= 0.3 is 5.97 Å². The number of esters is 1. The molecule has 2 fully saturated rings. The van der Waals surface area contributed by atoms with Crippen molar-refractivity contribution in [2.75, 3.05) is 52.9 Å². The number of nitrogens with zero attached hydrogens (tertiary/aromatic N) is 3. The molecular formula is C19H29N3O4. The summed E-state index contributed by atoms with van der Waals surface area (Å²) in [6.07, 6.45) is 6.27. The topological polar surface area (TPSA) is 66.2 Å². The number of hydrogen-bond acceptors (Lipinski definition) is 6. The fraction of sp³-hybridized carbons (Fsp3) is 0.684. The van der Waals surface area contributed by atoms with Crippen LogP contribution in [-0.2, 0) is 16.1 Å². The van der Waals surface area contributed by atoms with Crippen LogP contribution in [0.3, 0.4) is 0 Å². The van der Waals surface area contributed by atoms with Gasteiger partial charge in [-0.3, -0.25) is 14.6 Å². The fourth-order valence-electron chi connectivity index (χ4n) is 3.69. The molecule has 1 aromatic rings. The highest BCUT2D eigenvalue weighted by Gasteiger charge is 2.24. The summed E-state index contributed by atoms with van der Waals surface area (Å²) in [7, 11) is 1.36. The average Bonchev–Trinajstić information content (AvgIpc) is 2.94. The van der Waals surface area contributed by atoms with Crippen molar-refractivity contribution >= 4 is 11.9 Å². The summed E-state index contributed by atoms with van der Waals surface area (Å²) in [5.41, 5.74) is 0.853. The zero-order valence-corrected chi connectivity index (χ0v) is 15.6. The van der Waals surface area contributed by atoms with Crippen molar-refractivity contribution in [3.8, 4) is 0 Å². The molecule has 0 aromatic carbocycles. The van der Waals surface area contributed by atoms with Crippen molar-refractivity contribution in [3.63, 3.8) is 0 Å². The van der Waals surface area contributed by atoms with E-state index in [-0.39, 0.29) is 11.7 Å². The highest BCUT2D eigenvalue weighted by Crippen LogP contribution is 2.16. The van der Waals surface area contributed by atoms with Crippen molar-refractivity contribution in [2.24, 2.45) is 0 Å². The van der Waals surface area contributed by atoms with Gasteiger partial charge in [-0.15, -0.1) is 0 Å². The number of rotatable bonds is 5. The van der Waals surface area contributed by atoms with Crippen molar-refractivity contribution in [1.82, 2.24) is 14.7 Å². The Balaban J connectivity index is 1.45. The molecular weight excluding hydrogens is 334 g/mol. The highest BCUT2D eigenvalue weighted by atomic mass is 16.5. The van der Waals surface area contributed by atoms with Crippen LogP contribution in [0.2, 0.25) is 0 Å². The molecule has 0 N–H and O–H groups in total. The van der Waals surface area contributed by atoms with Gasteiger partial charge in [-0.1, -0.05) is 12.8 Å². The van der Waals surface area contributed by atoms with Gasteiger partial charge in [0.05, 0.1) is 19.9 Å². The van der Waals surface area contributed by atoms with Gasteiger partial charge in [-0.05, 0) is 18.9 Å². The summed E-state index contributed by atoms with van der Waals surface area (Å²) < 4.78 is 10.00. The highest BCUT2D eigenvalue weighted by molar-refractivity contribution is 5.87. The van der Waals surface area contributed by atoms with Crippen LogP contribution < -0.4 is 0 Å². The van der Waals surface area contributed by atoms with Crippen LogP contribution in [0, 0.1) is 0 Å². The number of furan rings is 1. The Morgan fingerprint density at radius 1 is 1.00 bits per heavy atom. The molecule has 2 aliphatic heterocycles. The van der Waals surface area contributed by atoms with Gasteiger partial charge in [-0.25, -0.2) is 4.79 Å². The molecule has 0 radical (unpaired) electrons. The first-order valence-electron chi connectivity index (χ1n) is 9.54. The Morgan fingerprint density at radius 3 is 2.31 bits per heavy atom. The monoisotopic (exact) mass is 363 g/mol. The van der Waals surface area contributed by atoms with Crippen molar-refractivity contribution < 1.29 is 18.7 Å². The maximum atomic E-state index is 12.5. The molecule has 3 rings (SSSR count). The summed E-state index contributed by atoms with van der Waals surface area (Å²) >= 11 is 0. The van der Waals surface area contributed by atoms with Gasteiger partial charge in [0.2, 0.25) is 11.7 Å². The van der Waals surface area contributed by atoms with Gasteiger partial charge in [0.1, 0.15) is 0 Å². The lowest BCUT2D eigenvalue weighted by atomic mass is 10.2. The lowest BCUT2D eigenvalue weighted by Gasteiger charge is -2.35. The van der Waals surface area contributed by atoms with E-state index >= 15 is 0 Å². The molecule has 0 saturated carbocycles. The van der Waals surface area contributed by atoms with E-state index in [1.165, 1.54) is 26.2 Å². The number of hydrogen-bond donors (Lipinski definition) is 0. The third-order valence-electron chi connectivity index (χ3n) is 5.29. The van der Waals surface area contributed by atoms with E-state index in [1.807, 2.05) is 11.0 Å². The average molecular weight is 363 g/mol. The summed E-state index contributed by atoms with van der Waals surface area (Å²) in [6.45, 7) is 6.49. The number of carbonyl (C=O) groups is 2. The van der Waals surface area contributed by atoms with E-state index in [9.17, 15) is 9.59 Å². The van der Waals surface area contributed by atoms with Gasteiger partial charge < -0.3 is 14.1 Å². The maximum Gasteiger partial charge on any atom is 0.374 e. The van der Waals surface area contributed by atoms with Gasteiger partial charge in [-0.2, -0.15) is 0 Å². The molecule has 0 spiro atoms. The smallest absolute Gasteiger partial charge is 0.374 e. The predicted molar refractivity (Wildman–Crippen MR) is 96.8 cm³/mol. The molecule has 2 aliphatic rings. The van der Waals surface area contributed by atoms with Crippen LogP contribution in [0.15, 0.2) is 16.7 Å². The first-order valence-corrected chi connectivity index (χ1v) is 9.54. The zero-order valence-electron chi connectivity index (χ0n) is 15.6. The Kier molecular flexibility index (Phi) is 6.68. The summed E-state index contributed by atoms with van der Waals surface area (Å²) in [4.78, 5) is 30.8. The minimum absolute atomic E-state index is 0.267. The molecule has 0 aliphatic carbocycles. The van der Waals surface area contributed by atoms with Crippen LogP contribution >= 0.6 is 0 Å². The molecule has 0 unspecified atom stereocenters. The Bertz CT molecular complexity index is 600. The quantitative estimate of drug-likeness (QED) is 0.740.